The lowest BCUT2D eigenvalue weighted by Crippen LogP contribution is -2.38. The summed E-state index contributed by atoms with van der Waals surface area (Å²) < 4.78 is 12.5. The smallest absolute Gasteiger partial charge is 0.192 e. The fourth-order valence-electron chi connectivity index (χ4n) is 4.79. The summed E-state index contributed by atoms with van der Waals surface area (Å²) in [5, 5.41) is 0. The van der Waals surface area contributed by atoms with Crippen LogP contribution < -0.4 is 0 Å². The van der Waals surface area contributed by atoms with Gasteiger partial charge >= 0.3 is 0 Å². The summed E-state index contributed by atoms with van der Waals surface area (Å²) in [5.74, 6) is 0. The van der Waals surface area contributed by atoms with E-state index in [4.69, 9.17) is 8.85 Å². The van der Waals surface area contributed by atoms with Crippen LogP contribution in [0.3, 0.4) is 0 Å². The molecule has 32 heavy (non-hydrogen) atoms. The molecule has 0 atom stereocenters. The molecule has 0 spiro atoms. The minimum atomic E-state index is -1.36. The monoisotopic (exact) mass is 488 g/mol. The summed E-state index contributed by atoms with van der Waals surface area (Å²) in [6.07, 6.45) is 16.2. The summed E-state index contributed by atoms with van der Waals surface area (Å²) in [6.45, 7) is 20.0. The normalized spacial score (nSPS) is 12.0. The van der Waals surface area contributed by atoms with Gasteiger partial charge in [0.1, 0.15) is 0 Å². The third-order valence-electron chi connectivity index (χ3n) is 6.82. The van der Waals surface area contributed by atoms with E-state index in [-0.39, 0.29) is 0 Å². The van der Waals surface area contributed by atoms with Crippen LogP contribution in [0.5, 0.6) is 0 Å². The maximum absolute atomic E-state index is 6.27. The average Bonchev–Trinajstić information content (AvgIpc) is 2.81. The molecule has 0 aromatic heterocycles. The van der Waals surface area contributed by atoms with Crippen molar-refractivity contribution in [2.24, 2.45) is 0 Å². The fourth-order valence-corrected chi connectivity index (χ4v) is 14.4. The molecule has 0 saturated carbocycles. The zero-order valence-corrected chi connectivity index (χ0v) is 26.0. The Morgan fingerprint density at radius 2 is 0.531 bits per heavy atom. The van der Waals surface area contributed by atoms with E-state index >= 15 is 0 Å². The quantitative estimate of drug-likeness (QED) is 0.141. The molecule has 0 saturated heterocycles. The molecule has 0 aliphatic rings. The summed E-state index contributed by atoms with van der Waals surface area (Å²) in [4.78, 5) is 0. The second-order valence-corrected chi connectivity index (χ2v) is 18.2. The second kappa shape index (κ2) is 24.5. The van der Waals surface area contributed by atoms with E-state index in [1.54, 1.807) is 0 Å². The van der Waals surface area contributed by atoms with Crippen LogP contribution in [-0.2, 0) is 8.85 Å². The molecule has 0 aromatic carbocycles. The van der Waals surface area contributed by atoms with Gasteiger partial charge in [-0.25, -0.2) is 0 Å². The van der Waals surface area contributed by atoms with Gasteiger partial charge in [-0.2, -0.15) is 0 Å². The van der Waals surface area contributed by atoms with Crippen molar-refractivity contribution in [2.45, 2.75) is 169 Å². The van der Waals surface area contributed by atoms with Crippen molar-refractivity contribution < 1.29 is 8.85 Å². The molecule has 0 aliphatic heterocycles. The van der Waals surface area contributed by atoms with Gasteiger partial charge in [0.25, 0.3) is 0 Å². The van der Waals surface area contributed by atoms with Crippen molar-refractivity contribution in [1.29, 1.82) is 0 Å². The molecule has 0 unspecified atom stereocenters. The molecule has 2 nitrogen and oxygen atoms in total. The Labute approximate surface area is 207 Å². The molecule has 0 amide bonds. The van der Waals surface area contributed by atoms with Crippen LogP contribution in [0.1, 0.15) is 132 Å². The lowest BCUT2D eigenvalue weighted by Gasteiger charge is -2.31. The van der Waals surface area contributed by atoms with Crippen molar-refractivity contribution in [3.8, 4) is 0 Å². The summed E-state index contributed by atoms with van der Waals surface area (Å²) in [6, 6.07) is 8.40. The Kier molecular flexibility index (Phi) is 26.4. The molecule has 0 heterocycles. The molecule has 4 heteroatoms. The zero-order valence-electron chi connectivity index (χ0n) is 24.0. The van der Waals surface area contributed by atoms with Gasteiger partial charge in [0, 0.05) is 13.2 Å². The van der Waals surface area contributed by atoms with Gasteiger partial charge in [-0.1, -0.05) is 119 Å². The van der Waals surface area contributed by atoms with E-state index in [1.807, 2.05) is 0 Å². The molecule has 0 N–H and O–H groups in total. The van der Waals surface area contributed by atoms with Crippen molar-refractivity contribution in [3.63, 3.8) is 0 Å². The summed E-state index contributed by atoms with van der Waals surface area (Å²) in [7, 11) is -2.72. The first-order chi connectivity index (χ1) is 15.5. The van der Waals surface area contributed by atoms with Crippen LogP contribution in [0.25, 0.3) is 0 Å². The molecule has 0 radical (unpaired) electrons. The van der Waals surface area contributed by atoms with Crippen LogP contribution in [-0.4, -0.2) is 29.8 Å². The van der Waals surface area contributed by atoms with Crippen LogP contribution in [0.2, 0.25) is 36.3 Å². The van der Waals surface area contributed by atoms with Crippen LogP contribution in [0.15, 0.2) is 0 Å². The molecule has 0 aromatic rings. The first-order valence-corrected chi connectivity index (χ1v) is 19.8. The molecular weight excluding hydrogens is 424 g/mol. The molecular formula is C28H64O2Si2. The lowest BCUT2D eigenvalue weighted by molar-refractivity contribution is 0.314. The molecule has 196 valence electrons. The first kappa shape index (κ1) is 34.5. The maximum Gasteiger partial charge on any atom is 0.192 e. The van der Waals surface area contributed by atoms with Crippen molar-refractivity contribution in [1.82, 2.24) is 0 Å². The van der Waals surface area contributed by atoms with Crippen molar-refractivity contribution in [2.75, 3.05) is 13.2 Å². The van der Waals surface area contributed by atoms with E-state index in [1.165, 1.54) is 113 Å². The maximum atomic E-state index is 6.27. The third kappa shape index (κ3) is 17.8. The second-order valence-electron chi connectivity index (χ2n) is 9.85. The Balaban J connectivity index is 0. The molecule has 0 rings (SSSR count). The zero-order chi connectivity index (χ0) is 24.6. The van der Waals surface area contributed by atoms with Gasteiger partial charge in [0.15, 0.2) is 16.6 Å². The van der Waals surface area contributed by atoms with Gasteiger partial charge in [0.05, 0.1) is 0 Å². The van der Waals surface area contributed by atoms with Crippen LogP contribution in [0, 0.1) is 0 Å². The van der Waals surface area contributed by atoms with Crippen LogP contribution in [0.4, 0.5) is 0 Å². The van der Waals surface area contributed by atoms with Gasteiger partial charge < -0.3 is 8.85 Å². The minimum Gasteiger partial charge on any atom is -0.417 e. The summed E-state index contributed by atoms with van der Waals surface area (Å²) >= 11 is 0. The Bertz CT molecular complexity index is 286. The number of unbranched alkanes of at least 4 members (excludes halogenated alkanes) is 6. The van der Waals surface area contributed by atoms with E-state index in [0.717, 1.165) is 13.2 Å². The Morgan fingerprint density at radius 1 is 0.344 bits per heavy atom. The number of hydrogen-bond donors (Lipinski definition) is 0. The first-order valence-electron chi connectivity index (χ1n) is 14.8. The van der Waals surface area contributed by atoms with Crippen molar-refractivity contribution in [3.05, 3.63) is 0 Å². The largest absolute Gasteiger partial charge is 0.417 e. The third-order valence-corrected chi connectivity index (χ3v) is 16.2. The van der Waals surface area contributed by atoms with Crippen LogP contribution >= 0.6 is 0 Å². The molecule has 0 bridgehead atoms. The highest BCUT2D eigenvalue weighted by Gasteiger charge is 2.33. The number of rotatable bonds is 22. The minimum absolute atomic E-state index is 0.934. The fraction of sp³-hybridized carbons (Fsp3) is 1.00. The predicted octanol–water partition coefficient (Wildman–Crippen LogP) is 10.7. The van der Waals surface area contributed by atoms with E-state index in [9.17, 15) is 0 Å². The Hall–Kier alpha value is 0.354. The standard InChI is InChI=1S/2C14H32OSi/c2*1-5-9-12-16(15-8-4,13-10-6-2)14-11-7-3/h2*5-14H2,1-4H3. The topological polar surface area (TPSA) is 18.5 Å². The Morgan fingerprint density at radius 3 is 0.656 bits per heavy atom. The highest BCUT2D eigenvalue weighted by molar-refractivity contribution is 6.74. The number of hydrogen-bond acceptors (Lipinski definition) is 2. The SMILES string of the molecule is CCCC[Si](CCCC)(CCCC)OCC.CCCC[Si](CCCC)(CCCC)OCC. The summed E-state index contributed by atoms with van der Waals surface area (Å²) in [5.41, 5.74) is 0. The van der Waals surface area contributed by atoms with Crippen molar-refractivity contribution >= 4 is 16.6 Å². The van der Waals surface area contributed by atoms with E-state index < -0.39 is 16.6 Å². The average molecular weight is 489 g/mol. The van der Waals surface area contributed by atoms with E-state index in [0.29, 0.717) is 0 Å². The molecule has 0 fully saturated rings. The van der Waals surface area contributed by atoms with Gasteiger partial charge in [0.2, 0.25) is 0 Å². The van der Waals surface area contributed by atoms with Gasteiger partial charge in [-0.15, -0.1) is 0 Å². The predicted molar refractivity (Wildman–Crippen MR) is 153 cm³/mol. The van der Waals surface area contributed by atoms with Gasteiger partial charge in [-0.05, 0) is 50.1 Å². The molecule has 0 aliphatic carbocycles. The van der Waals surface area contributed by atoms with E-state index in [2.05, 4.69) is 55.4 Å². The highest BCUT2D eigenvalue weighted by atomic mass is 28.4. The van der Waals surface area contributed by atoms with Gasteiger partial charge in [-0.3, -0.25) is 0 Å². The highest BCUT2D eigenvalue weighted by Crippen LogP contribution is 2.30. The lowest BCUT2D eigenvalue weighted by atomic mass is 10.4.